The minimum absolute atomic E-state index is 0.00908. The van der Waals surface area contributed by atoms with Gasteiger partial charge in [-0.25, -0.2) is 9.59 Å². The molecule has 30 heavy (non-hydrogen) atoms. The summed E-state index contributed by atoms with van der Waals surface area (Å²) in [5, 5.41) is 13.2. The SMILES string of the molecule is CC1=C(C(=O)O)C(c2ccccc2Cl)C(C(=O)OCCOc2cccnc2)=C(C)N1. The van der Waals surface area contributed by atoms with Crippen molar-refractivity contribution in [2.45, 2.75) is 19.8 Å². The van der Waals surface area contributed by atoms with E-state index < -0.39 is 17.9 Å². The number of carboxylic acid groups (broad SMARTS) is 1. The minimum atomic E-state index is -1.14. The van der Waals surface area contributed by atoms with Gasteiger partial charge in [0.25, 0.3) is 0 Å². The molecular formula is C22H21ClN2O5. The Morgan fingerprint density at radius 1 is 1.10 bits per heavy atom. The van der Waals surface area contributed by atoms with E-state index >= 15 is 0 Å². The summed E-state index contributed by atoms with van der Waals surface area (Å²) >= 11 is 6.35. The van der Waals surface area contributed by atoms with Gasteiger partial charge in [-0.15, -0.1) is 0 Å². The number of carbonyl (C=O) groups excluding carboxylic acids is 1. The first-order valence-electron chi connectivity index (χ1n) is 9.26. The molecule has 0 amide bonds. The number of benzene rings is 1. The first-order chi connectivity index (χ1) is 14.4. The average molecular weight is 429 g/mol. The van der Waals surface area contributed by atoms with Crippen LogP contribution in [0.5, 0.6) is 5.75 Å². The molecule has 156 valence electrons. The summed E-state index contributed by atoms with van der Waals surface area (Å²) in [4.78, 5) is 28.9. The lowest BCUT2D eigenvalue weighted by Gasteiger charge is -2.30. The molecule has 1 unspecified atom stereocenters. The third-order valence-electron chi connectivity index (χ3n) is 4.65. The van der Waals surface area contributed by atoms with Gasteiger partial charge in [0.2, 0.25) is 0 Å². The lowest BCUT2D eigenvalue weighted by molar-refractivity contribution is -0.140. The van der Waals surface area contributed by atoms with Crippen molar-refractivity contribution in [3.8, 4) is 5.75 Å². The highest BCUT2D eigenvalue weighted by Crippen LogP contribution is 2.41. The number of rotatable bonds is 7. The van der Waals surface area contributed by atoms with Crippen molar-refractivity contribution in [1.82, 2.24) is 10.3 Å². The van der Waals surface area contributed by atoms with Crippen molar-refractivity contribution in [2.75, 3.05) is 13.2 Å². The van der Waals surface area contributed by atoms with Crippen molar-refractivity contribution >= 4 is 23.5 Å². The molecule has 1 aliphatic heterocycles. The van der Waals surface area contributed by atoms with E-state index in [1.54, 1.807) is 62.6 Å². The smallest absolute Gasteiger partial charge is 0.336 e. The van der Waals surface area contributed by atoms with Crippen molar-refractivity contribution in [3.63, 3.8) is 0 Å². The molecule has 2 heterocycles. The zero-order chi connectivity index (χ0) is 21.7. The zero-order valence-corrected chi connectivity index (χ0v) is 17.3. The summed E-state index contributed by atoms with van der Waals surface area (Å²) in [6.45, 7) is 3.48. The van der Waals surface area contributed by atoms with Gasteiger partial charge in [0, 0.05) is 22.6 Å². The number of aromatic nitrogens is 1. The van der Waals surface area contributed by atoms with Crippen LogP contribution in [0.25, 0.3) is 0 Å². The van der Waals surface area contributed by atoms with E-state index in [-0.39, 0.29) is 24.4 Å². The first-order valence-corrected chi connectivity index (χ1v) is 9.64. The number of esters is 1. The van der Waals surface area contributed by atoms with Gasteiger partial charge in [0.05, 0.1) is 23.3 Å². The Morgan fingerprint density at radius 3 is 2.50 bits per heavy atom. The molecule has 0 radical (unpaired) electrons. The molecule has 0 aliphatic carbocycles. The fraction of sp³-hybridized carbons (Fsp3) is 0.227. The zero-order valence-electron chi connectivity index (χ0n) is 16.5. The van der Waals surface area contributed by atoms with Gasteiger partial charge in [-0.1, -0.05) is 29.8 Å². The Hall–Kier alpha value is -3.32. The van der Waals surface area contributed by atoms with Crippen LogP contribution in [0.1, 0.15) is 25.3 Å². The molecule has 0 saturated heterocycles. The number of dihydropyridines is 1. The molecule has 1 atom stereocenters. The average Bonchev–Trinajstić information content (AvgIpc) is 2.71. The molecule has 1 aliphatic rings. The molecule has 7 nitrogen and oxygen atoms in total. The number of carboxylic acids is 1. The number of aliphatic carboxylic acids is 1. The molecule has 2 aromatic rings. The summed E-state index contributed by atoms with van der Waals surface area (Å²) in [5.74, 6) is -2.07. The highest BCUT2D eigenvalue weighted by atomic mass is 35.5. The number of carbonyl (C=O) groups is 2. The quantitative estimate of drug-likeness (QED) is 0.512. The Kier molecular flexibility index (Phi) is 6.74. The topological polar surface area (TPSA) is 97.8 Å². The third-order valence-corrected chi connectivity index (χ3v) is 4.99. The molecule has 3 rings (SSSR count). The van der Waals surface area contributed by atoms with E-state index in [0.29, 0.717) is 27.7 Å². The van der Waals surface area contributed by atoms with Crippen LogP contribution in [-0.4, -0.2) is 35.2 Å². The van der Waals surface area contributed by atoms with Crippen molar-refractivity contribution in [2.24, 2.45) is 0 Å². The third kappa shape index (κ3) is 4.63. The predicted molar refractivity (Wildman–Crippen MR) is 111 cm³/mol. The maximum absolute atomic E-state index is 12.9. The van der Waals surface area contributed by atoms with Crippen LogP contribution in [0.15, 0.2) is 71.3 Å². The molecule has 2 N–H and O–H groups in total. The van der Waals surface area contributed by atoms with Crippen LogP contribution in [0.4, 0.5) is 0 Å². The molecule has 0 spiro atoms. The van der Waals surface area contributed by atoms with Crippen molar-refractivity contribution < 1.29 is 24.2 Å². The van der Waals surface area contributed by atoms with E-state index in [0.717, 1.165) is 0 Å². The number of nitrogens with one attached hydrogen (secondary N) is 1. The van der Waals surface area contributed by atoms with E-state index in [1.165, 1.54) is 0 Å². The Balaban J connectivity index is 1.83. The summed E-state index contributed by atoms with van der Waals surface area (Å²) in [6, 6.07) is 10.3. The molecular weight excluding hydrogens is 408 g/mol. The summed E-state index contributed by atoms with van der Waals surface area (Å²) < 4.78 is 10.9. The second-order valence-electron chi connectivity index (χ2n) is 6.64. The highest BCUT2D eigenvalue weighted by Gasteiger charge is 2.38. The molecule has 1 aromatic carbocycles. The van der Waals surface area contributed by atoms with Crippen LogP contribution in [0, 0.1) is 0 Å². The maximum atomic E-state index is 12.9. The second kappa shape index (κ2) is 9.45. The van der Waals surface area contributed by atoms with Gasteiger partial charge >= 0.3 is 11.9 Å². The number of ether oxygens (including phenoxy) is 2. The van der Waals surface area contributed by atoms with Crippen LogP contribution in [0.3, 0.4) is 0 Å². The fourth-order valence-electron chi connectivity index (χ4n) is 3.37. The summed E-state index contributed by atoms with van der Waals surface area (Å²) in [7, 11) is 0. The first kappa shape index (κ1) is 21.4. The Morgan fingerprint density at radius 2 is 1.83 bits per heavy atom. The van der Waals surface area contributed by atoms with Gasteiger partial charge < -0.3 is 19.9 Å². The minimum Gasteiger partial charge on any atom is -0.488 e. The van der Waals surface area contributed by atoms with Gasteiger partial charge in [0.1, 0.15) is 19.0 Å². The van der Waals surface area contributed by atoms with Gasteiger partial charge in [-0.3, -0.25) is 4.98 Å². The Bertz CT molecular complexity index is 1020. The molecule has 8 heteroatoms. The van der Waals surface area contributed by atoms with Crippen molar-refractivity contribution in [3.05, 3.63) is 81.9 Å². The Labute approximate surface area is 179 Å². The standard InChI is InChI=1S/C22H21ClN2O5/c1-13-18(21(26)27)20(16-7-3-4-8-17(16)23)19(14(2)25-13)22(28)30-11-10-29-15-6-5-9-24-12-15/h3-9,12,20,25H,10-11H2,1-2H3,(H,26,27). The highest BCUT2D eigenvalue weighted by molar-refractivity contribution is 6.31. The molecule has 0 bridgehead atoms. The normalized spacial score (nSPS) is 16.2. The van der Waals surface area contributed by atoms with Crippen LogP contribution >= 0.6 is 11.6 Å². The van der Waals surface area contributed by atoms with E-state index in [9.17, 15) is 14.7 Å². The number of halogens is 1. The lowest BCUT2D eigenvalue weighted by Crippen LogP contribution is -2.32. The van der Waals surface area contributed by atoms with Crippen LogP contribution in [-0.2, 0) is 14.3 Å². The molecule has 0 saturated carbocycles. The second-order valence-corrected chi connectivity index (χ2v) is 7.04. The van der Waals surface area contributed by atoms with Gasteiger partial charge in [-0.05, 0) is 37.6 Å². The van der Waals surface area contributed by atoms with Crippen LogP contribution < -0.4 is 10.1 Å². The predicted octanol–water partition coefficient (Wildman–Crippen LogP) is 3.68. The number of pyridine rings is 1. The molecule has 0 fully saturated rings. The van der Waals surface area contributed by atoms with Crippen LogP contribution in [0.2, 0.25) is 5.02 Å². The largest absolute Gasteiger partial charge is 0.488 e. The van der Waals surface area contributed by atoms with E-state index in [1.807, 2.05) is 0 Å². The maximum Gasteiger partial charge on any atom is 0.336 e. The van der Waals surface area contributed by atoms with Gasteiger partial charge in [0.15, 0.2) is 0 Å². The summed E-state index contributed by atoms with van der Waals surface area (Å²) in [5.41, 5.74) is 1.73. The van der Waals surface area contributed by atoms with E-state index in [4.69, 9.17) is 21.1 Å². The number of hydrogen-bond acceptors (Lipinski definition) is 6. The number of nitrogens with zero attached hydrogens (tertiary/aromatic N) is 1. The fourth-order valence-corrected chi connectivity index (χ4v) is 3.62. The van der Waals surface area contributed by atoms with Crippen molar-refractivity contribution in [1.29, 1.82) is 0 Å². The lowest BCUT2D eigenvalue weighted by atomic mass is 9.80. The monoisotopic (exact) mass is 428 g/mol. The number of allylic oxidation sites excluding steroid dienone is 2. The number of hydrogen-bond donors (Lipinski definition) is 2. The van der Waals surface area contributed by atoms with E-state index in [2.05, 4.69) is 10.3 Å². The summed E-state index contributed by atoms with van der Waals surface area (Å²) in [6.07, 6.45) is 3.18. The molecule has 1 aromatic heterocycles. The van der Waals surface area contributed by atoms with Gasteiger partial charge in [-0.2, -0.15) is 0 Å².